The summed E-state index contributed by atoms with van der Waals surface area (Å²) in [5.41, 5.74) is 5.97. The summed E-state index contributed by atoms with van der Waals surface area (Å²) in [7, 11) is 0. The molecule has 0 aliphatic rings. The zero-order valence-electron chi connectivity index (χ0n) is 7.87. The van der Waals surface area contributed by atoms with Crippen LogP contribution in [0, 0.1) is 5.82 Å². The minimum absolute atomic E-state index is 0.266. The van der Waals surface area contributed by atoms with E-state index >= 15 is 0 Å². The number of nitrogens with two attached hydrogens (primary N) is 1. The predicted octanol–water partition coefficient (Wildman–Crippen LogP) is 1.39. The fraction of sp³-hybridized carbons (Fsp3) is 0.300. The van der Waals surface area contributed by atoms with Gasteiger partial charge >= 0.3 is 5.97 Å². The van der Waals surface area contributed by atoms with Gasteiger partial charge in [0.1, 0.15) is 11.9 Å². The summed E-state index contributed by atoms with van der Waals surface area (Å²) in [5.74, 6) is -0.958. The van der Waals surface area contributed by atoms with Crippen LogP contribution in [-0.2, 0) is 9.53 Å². The molecule has 4 heteroatoms. The van der Waals surface area contributed by atoms with E-state index in [0.29, 0.717) is 5.56 Å². The monoisotopic (exact) mass is 197 g/mol. The molecule has 0 spiro atoms. The van der Waals surface area contributed by atoms with E-state index in [1.54, 1.807) is 13.0 Å². The molecular formula is C10H12FNO2. The predicted molar refractivity (Wildman–Crippen MR) is 50.0 cm³/mol. The van der Waals surface area contributed by atoms with E-state index in [4.69, 9.17) is 10.5 Å². The summed E-state index contributed by atoms with van der Waals surface area (Å²) in [6, 6.07) is 4.70. The minimum atomic E-state index is -0.911. The van der Waals surface area contributed by atoms with Crippen LogP contribution in [0.5, 0.6) is 0 Å². The summed E-state index contributed by atoms with van der Waals surface area (Å²) in [5, 5.41) is 0. The lowest BCUT2D eigenvalue weighted by Gasteiger charge is -2.10. The van der Waals surface area contributed by atoms with Crippen LogP contribution in [0.3, 0.4) is 0 Å². The van der Waals surface area contributed by atoms with E-state index in [-0.39, 0.29) is 6.61 Å². The first kappa shape index (κ1) is 10.7. The van der Waals surface area contributed by atoms with E-state index in [0.717, 1.165) is 0 Å². The van der Waals surface area contributed by atoms with Crippen LogP contribution in [0.15, 0.2) is 24.3 Å². The quantitative estimate of drug-likeness (QED) is 0.745. The van der Waals surface area contributed by atoms with Crippen LogP contribution in [-0.4, -0.2) is 12.6 Å². The number of carbonyl (C=O) groups excluding carboxylic acids is 1. The van der Waals surface area contributed by atoms with Gasteiger partial charge in [-0.15, -0.1) is 0 Å². The summed E-state index contributed by atoms with van der Waals surface area (Å²) < 4.78 is 17.5. The molecule has 1 aromatic rings. The van der Waals surface area contributed by atoms with Crippen LogP contribution >= 0.6 is 0 Å². The first-order valence-electron chi connectivity index (χ1n) is 4.33. The number of ether oxygens (including phenoxy) is 1. The van der Waals surface area contributed by atoms with Gasteiger partial charge in [0.25, 0.3) is 0 Å². The van der Waals surface area contributed by atoms with Crippen molar-refractivity contribution in [2.45, 2.75) is 13.0 Å². The van der Waals surface area contributed by atoms with Gasteiger partial charge < -0.3 is 10.5 Å². The first-order valence-corrected chi connectivity index (χ1v) is 4.33. The Kier molecular flexibility index (Phi) is 3.59. The van der Waals surface area contributed by atoms with Crippen molar-refractivity contribution in [1.29, 1.82) is 0 Å². The lowest BCUT2D eigenvalue weighted by molar-refractivity contribution is -0.144. The van der Waals surface area contributed by atoms with Crippen molar-refractivity contribution in [1.82, 2.24) is 0 Å². The topological polar surface area (TPSA) is 52.3 Å². The van der Waals surface area contributed by atoms with Gasteiger partial charge in [0, 0.05) is 0 Å². The number of hydrogen-bond donors (Lipinski definition) is 1. The molecule has 0 heterocycles. The second-order valence-electron chi connectivity index (χ2n) is 2.78. The maximum Gasteiger partial charge on any atom is 0.327 e. The molecule has 0 aliphatic carbocycles. The van der Waals surface area contributed by atoms with Crippen LogP contribution in [0.4, 0.5) is 4.39 Å². The Bertz CT molecular complexity index is 328. The number of benzene rings is 1. The van der Waals surface area contributed by atoms with E-state index < -0.39 is 17.8 Å². The molecular weight excluding hydrogens is 185 g/mol. The molecule has 0 aliphatic heterocycles. The van der Waals surface area contributed by atoms with Crippen LogP contribution in [0.1, 0.15) is 18.5 Å². The number of rotatable bonds is 3. The van der Waals surface area contributed by atoms with Gasteiger partial charge in [-0.1, -0.05) is 12.1 Å². The second kappa shape index (κ2) is 4.72. The zero-order valence-corrected chi connectivity index (χ0v) is 7.87. The standard InChI is InChI=1S/C10H12FNO2/c1-2-14-10(13)9(12)7-4-3-5-8(11)6-7/h3-6,9H,2,12H2,1H3/t9-/m1/s1. The van der Waals surface area contributed by atoms with Crippen LogP contribution in [0.25, 0.3) is 0 Å². The number of halogens is 1. The van der Waals surface area contributed by atoms with Gasteiger partial charge in [0.15, 0.2) is 0 Å². The Hall–Kier alpha value is -1.42. The van der Waals surface area contributed by atoms with Crippen molar-refractivity contribution in [3.63, 3.8) is 0 Å². The number of carbonyl (C=O) groups is 1. The maximum absolute atomic E-state index is 12.8. The molecule has 3 nitrogen and oxygen atoms in total. The van der Waals surface area contributed by atoms with Gasteiger partial charge in [-0.3, -0.25) is 0 Å². The Morgan fingerprint density at radius 2 is 2.36 bits per heavy atom. The molecule has 0 aromatic heterocycles. The Morgan fingerprint density at radius 3 is 2.93 bits per heavy atom. The molecule has 14 heavy (non-hydrogen) atoms. The number of hydrogen-bond acceptors (Lipinski definition) is 3. The van der Waals surface area contributed by atoms with Gasteiger partial charge in [-0.25, -0.2) is 9.18 Å². The largest absolute Gasteiger partial charge is 0.465 e. The van der Waals surface area contributed by atoms with Gasteiger partial charge in [0.2, 0.25) is 0 Å². The Morgan fingerprint density at radius 1 is 1.64 bits per heavy atom. The molecule has 0 saturated carbocycles. The normalized spacial score (nSPS) is 12.2. The minimum Gasteiger partial charge on any atom is -0.465 e. The molecule has 1 atom stereocenters. The fourth-order valence-electron chi connectivity index (χ4n) is 1.07. The van der Waals surface area contributed by atoms with Crippen LogP contribution < -0.4 is 5.73 Å². The molecule has 76 valence electrons. The van der Waals surface area contributed by atoms with Crippen molar-refractivity contribution in [3.05, 3.63) is 35.6 Å². The summed E-state index contributed by atoms with van der Waals surface area (Å²) in [6.45, 7) is 1.96. The van der Waals surface area contributed by atoms with E-state index in [1.165, 1.54) is 18.2 Å². The van der Waals surface area contributed by atoms with Crippen molar-refractivity contribution in [3.8, 4) is 0 Å². The molecule has 0 unspecified atom stereocenters. The third kappa shape index (κ3) is 2.53. The smallest absolute Gasteiger partial charge is 0.327 e. The third-order valence-electron chi connectivity index (χ3n) is 1.75. The molecule has 1 aromatic carbocycles. The van der Waals surface area contributed by atoms with Gasteiger partial charge in [-0.2, -0.15) is 0 Å². The van der Waals surface area contributed by atoms with E-state index in [1.807, 2.05) is 0 Å². The summed E-state index contributed by atoms with van der Waals surface area (Å²) in [4.78, 5) is 11.2. The van der Waals surface area contributed by atoms with Crippen molar-refractivity contribution in [2.75, 3.05) is 6.61 Å². The highest BCUT2D eigenvalue weighted by Gasteiger charge is 2.16. The fourth-order valence-corrected chi connectivity index (χ4v) is 1.07. The molecule has 0 amide bonds. The number of esters is 1. The zero-order chi connectivity index (χ0) is 10.6. The van der Waals surface area contributed by atoms with E-state index in [9.17, 15) is 9.18 Å². The highest BCUT2D eigenvalue weighted by atomic mass is 19.1. The molecule has 2 N–H and O–H groups in total. The lowest BCUT2D eigenvalue weighted by atomic mass is 10.1. The molecule has 1 rings (SSSR count). The van der Waals surface area contributed by atoms with E-state index in [2.05, 4.69) is 0 Å². The van der Waals surface area contributed by atoms with Gasteiger partial charge in [0.05, 0.1) is 6.61 Å². The molecule has 0 bridgehead atoms. The highest BCUT2D eigenvalue weighted by molar-refractivity contribution is 5.77. The molecule has 0 fully saturated rings. The second-order valence-corrected chi connectivity index (χ2v) is 2.78. The Balaban J connectivity index is 2.78. The van der Waals surface area contributed by atoms with Crippen LogP contribution in [0.2, 0.25) is 0 Å². The first-order chi connectivity index (χ1) is 6.65. The average molecular weight is 197 g/mol. The lowest BCUT2D eigenvalue weighted by Crippen LogP contribution is -2.23. The SMILES string of the molecule is CCOC(=O)[C@H](N)c1cccc(F)c1. The Labute approximate surface area is 81.7 Å². The molecule has 0 radical (unpaired) electrons. The van der Waals surface area contributed by atoms with Crippen molar-refractivity contribution in [2.24, 2.45) is 5.73 Å². The highest BCUT2D eigenvalue weighted by Crippen LogP contribution is 2.12. The maximum atomic E-state index is 12.8. The van der Waals surface area contributed by atoms with Gasteiger partial charge in [-0.05, 0) is 24.6 Å². The van der Waals surface area contributed by atoms with Crippen molar-refractivity contribution >= 4 is 5.97 Å². The average Bonchev–Trinajstić information content (AvgIpc) is 2.17. The molecule has 0 saturated heterocycles. The summed E-state index contributed by atoms with van der Waals surface area (Å²) >= 11 is 0. The third-order valence-corrected chi connectivity index (χ3v) is 1.75. The summed E-state index contributed by atoms with van der Waals surface area (Å²) in [6.07, 6.45) is 0. The van der Waals surface area contributed by atoms with Crippen molar-refractivity contribution < 1.29 is 13.9 Å².